The Kier molecular flexibility index (Phi) is 5.88. The van der Waals surface area contributed by atoms with Gasteiger partial charge in [0.1, 0.15) is 0 Å². The lowest BCUT2D eigenvalue weighted by Crippen LogP contribution is -2.39. The van der Waals surface area contributed by atoms with Gasteiger partial charge in [-0.15, -0.1) is 0 Å². The normalized spacial score (nSPS) is 17.1. The molecule has 4 heteroatoms. The number of ketones is 1. The summed E-state index contributed by atoms with van der Waals surface area (Å²) in [6, 6.07) is 14.5. The highest BCUT2D eigenvalue weighted by Gasteiger charge is 2.25. The zero-order valence-electron chi connectivity index (χ0n) is 16.5. The quantitative estimate of drug-likeness (QED) is 0.356. The Hall–Kier alpha value is -1.66. The number of aromatic nitrogens is 1. The zero-order chi connectivity index (χ0) is 19.7. The maximum absolute atomic E-state index is 12.9. The Balaban J connectivity index is 1.58. The van der Waals surface area contributed by atoms with Crippen molar-refractivity contribution in [3.63, 3.8) is 0 Å². The minimum absolute atomic E-state index is 0.0945. The lowest BCUT2D eigenvalue weighted by molar-refractivity contribution is 0.103. The fourth-order valence-corrected chi connectivity index (χ4v) is 4.66. The second-order valence-corrected chi connectivity index (χ2v) is 9.15. The van der Waals surface area contributed by atoms with Crippen molar-refractivity contribution in [1.82, 2.24) is 9.88 Å². The van der Waals surface area contributed by atoms with Crippen LogP contribution >= 0.6 is 22.6 Å². The van der Waals surface area contributed by atoms with Gasteiger partial charge in [0.05, 0.1) is 0 Å². The number of nitrogens with one attached hydrogen (secondary N) is 1. The van der Waals surface area contributed by atoms with E-state index < -0.39 is 0 Å². The molecule has 1 aromatic heterocycles. The third kappa shape index (κ3) is 3.90. The van der Waals surface area contributed by atoms with Gasteiger partial charge in [0.25, 0.3) is 0 Å². The van der Waals surface area contributed by atoms with Crippen LogP contribution in [-0.4, -0.2) is 34.8 Å². The first-order valence-corrected chi connectivity index (χ1v) is 11.3. The van der Waals surface area contributed by atoms with Crippen LogP contribution in [0.2, 0.25) is 0 Å². The van der Waals surface area contributed by atoms with Crippen molar-refractivity contribution in [2.75, 3.05) is 13.1 Å². The van der Waals surface area contributed by atoms with Crippen molar-refractivity contribution in [2.45, 2.75) is 45.1 Å². The number of H-pyrrole nitrogens is 1. The van der Waals surface area contributed by atoms with Crippen LogP contribution < -0.4 is 0 Å². The maximum atomic E-state index is 12.9. The highest BCUT2D eigenvalue weighted by molar-refractivity contribution is 14.1. The van der Waals surface area contributed by atoms with Gasteiger partial charge in [0.15, 0.2) is 5.78 Å². The molecule has 3 aromatic rings. The van der Waals surface area contributed by atoms with E-state index in [2.05, 4.69) is 58.6 Å². The zero-order valence-corrected chi connectivity index (χ0v) is 18.7. The van der Waals surface area contributed by atoms with E-state index in [0.29, 0.717) is 12.0 Å². The van der Waals surface area contributed by atoms with Gasteiger partial charge in [-0.25, -0.2) is 0 Å². The predicted octanol–water partition coefficient (Wildman–Crippen LogP) is 5.98. The Morgan fingerprint density at radius 2 is 1.82 bits per heavy atom. The molecular weight excluding hydrogens is 459 g/mol. The van der Waals surface area contributed by atoms with Crippen LogP contribution in [0.4, 0.5) is 0 Å². The first-order chi connectivity index (χ1) is 13.6. The fraction of sp³-hybridized carbons (Fsp3) is 0.375. The number of fused-ring (bicyclic) bond motifs is 1. The molecule has 0 amide bonds. The summed E-state index contributed by atoms with van der Waals surface area (Å²) in [6.45, 7) is 6.92. The Morgan fingerprint density at radius 1 is 1.14 bits per heavy atom. The molecule has 0 spiro atoms. The van der Waals surface area contributed by atoms with E-state index in [4.69, 9.17) is 0 Å². The third-order valence-electron chi connectivity index (χ3n) is 6.27. The van der Waals surface area contributed by atoms with Crippen LogP contribution in [0.3, 0.4) is 0 Å². The molecule has 1 aliphatic rings. The molecule has 28 heavy (non-hydrogen) atoms. The first kappa shape index (κ1) is 19.6. The number of benzene rings is 2. The standard InChI is InChI=1S/C24H27IN2O/c1-3-16(2)27-12-10-17(11-13-27)22-15-26-23-9-6-19(14-21(22)23)24(28)18-4-7-20(25)8-5-18/h4-9,14-17,26H,3,10-13H2,1-2H3. The van der Waals surface area contributed by atoms with E-state index in [9.17, 15) is 4.79 Å². The molecule has 0 bridgehead atoms. The van der Waals surface area contributed by atoms with E-state index in [1.54, 1.807) is 0 Å². The Bertz CT molecular complexity index is 968. The number of aromatic amines is 1. The van der Waals surface area contributed by atoms with Crippen molar-refractivity contribution in [3.05, 3.63) is 68.9 Å². The van der Waals surface area contributed by atoms with Gasteiger partial charge in [0.2, 0.25) is 0 Å². The molecule has 1 atom stereocenters. The lowest BCUT2D eigenvalue weighted by atomic mass is 9.88. The van der Waals surface area contributed by atoms with Gasteiger partial charge in [-0.2, -0.15) is 0 Å². The molecule has 4 rings (SSSR count). The molecule has 0 saturated carbocycles. The average Bonchev–Trinajstić information content (AvgIpc) is 3.16. The summed E-state index contributed by atoms with van der Waals surface area (Å²) in [7, 11) is 0. The van der Waals surface area contributed by atoms with Crippen LogP contribution in [0.15, 0.2) is 48.7 Å². The summed E-state index contributed by atoms with van der Waals surface area (Å²) in [5.41, 5.74) is 4.01. The highest BCUT2D eigenvalue weighted by Crippen LogP contribution is 2.34. The van der Waals surface area contributed by atoms with Crippen LogP contribution in [0.1, 0.15) is 60.5 Å². The van der Waals surface area contributed by atoms with Gasteiger partial charge in [-0.3, -0.25) is 4.79 Å². The summed E-state index contributed by atoms with van der Waals surface area (Å²) in [4.78, 5) is 19.0. The molecular formula is C24H27IN2O. The average molecular weight is 486 g/mol. The summed E-state index contributed by atoms with van der Waals surface area (Å²) < 4.78 is 1.14. The van der Waals surface area contributed by atoms with Crippen molar-refractivity contribution in [1.29, 1.82) is 0 Å². The molecule has 1 aliphatic heterocycles. The Labute approximate surface area is 180 Å². The summed E-state index contributed by atoms with van der Waals surface area (Å²) in [5.74, 6) is 0.662. The van der Waals surface area contributed by atoms with Gasteiger partial charge in [-0.05, 0) is 116 Å². The number of carbonyl (C=O) groups is 1. The number of rotatable bonds is 5. The van der Waals surface area contributed by atoms with Gasteiger partial charge in [-0.1, -0.05) is 6.92 Å². The van der Waals surface area contributed by atoms with Crippen LogP contribution in [0, 0.1) is 3.57 Å². The van der Waals surface area contributed by atoms with Crippen molar-refractivity contribution >= 4 is 39.3 Å². The molecule has 3 nitrogen and oxygen atoms in total. The summed E-state index contributed by atoms with van der Waals surface area (Å²) in [5, 5.41) is 1.21. The minimum atomic E-state index is 0.0945. The number of carbonyl (C=O) groups excluding carboxylic acids is 1. The van der Waals surface area contributed by atoms with Crippen LogP contribution in [0.25, 0.3) is 10.9 Å². The van der Waals surface area contributed by atoms with E-state index in [0.717, 1.165) is 33.3 Å². The van der Waals surface area contributed by atoms with E-state index in [1.165, 1.54) is 30.2 Å². The van der Waals surface area contributed by atoms with Gasteiger partial charge >= 0.3 is 0 Å². The number of nitrogens with zero attached hydrogens (tertiary/aromatic N) is 1. The van der Waals surface area contributed by atoms with Gasteiger partial charge in [0, 0.05) is 37.8 Å². The molecule has 0 radical (unpaired) electrons. The summed E-state index contributed by atoms with van der Waals surface area (Å²) >= 11 is 2.26. The van der Waals surface area contributed by atoms with Crippen LogP contribution in [-0.2, 0) is 0 Å². The van der Waals surface area contributed by atoms with Gasteiger partial charge < -0.3 is 9.88 Å². The predicted molar refractivity (Wildman–Crippen MR) is 124 cm³/mol. The van der Waals surface area contributed by atoms with E-state index in [1.807, 2.05) is 36.4 Å². The topological polar surface area (TPSA) is 36.1 Å². The van der Waals surface area contributed by atoms with Crippen molar-refractivity contribution in [2.24, 2.45) is 0 Å². The second kappa shape index (κ2) is 8.37. The number of likely N-dealkylation sites (tertiary alicyclic amines) is 1. The number of piperidine rings is 1. The molecule has 146 valence electrons. The van der Waals surface area contributed by atoms with E-state index >= 15 is 0 Å². The number of halogens is 1. The molecule has 1 fully saturated rings. The largest absolute Gasteiger partial charge is 0.361 e. The second-order valence-electron chi connectivity index (χ2n) is 7.91. The molecule has 1 unspecified atom stereocenters. The molecule has 1 N–H and O–H groups in total. The monoisotopic (exact) mass is 486 g/mol. The molecule has 0 aliphatic carbocycles. The Morgan fingerprint density at radius 3 is 2.50 bits per heavy atom. The third-order valence-corrected chi connectivity index (χ3v) is 6.99. The fourth-order valence-electron chi connectivity index (χ4n) is 4.30. The van der Waals surface area contributed by atoms with Crippen molar-refractivity contribution < 1.29 is 4.79 Å². The lowest BCUT2D eigenvalue weighted by Gasteiger charge is -2.35. The molecule has 2 heterocycles. The van der Waals surface area contributed by atoms with E-state index in [-0.39, 0.29) is 5.78 Å². The highest BCUT2D eigenvalue weighted by atomic mass is 127. The smallest absolute Gasteiger partial charge is 0.193 e. The minimum Gasteiger partial charge on any atom is -0.361 e. The summed E-state index contributed by atoms with van der Waals surface area (Å²) in [6.07, 6.45) is 5.74. The molecule has 2 aromatic carbocycles. The SMILES string of the molecule is CCC(C)N1CCC(c2c[nH]c3ccc(C(=O)c4ccc(I)cc4)cc23)CC1. The van der Waals surface area contributed by atoms with Crippen LogP contribution in [0.5, 0.6) is 0 Å². The number of hydrogen-bond acceptors (Lipinski definition) is 2. The van der Waals surface area contributed by atoms with Crippen molar-refractivity contribution in [3.8, 4) is 0 Å². The molecule has 1 saturated heterocycles. The first-order valence-electron chi connectivity index (χ1n) is 10.2. The number of hydrogen-bond donors (Lipinski definition) is 1. The maximum Gasteiger partial charge on any atom is 0.193 e.